The monoisotopic (exact) mass is 734 g/mol. The van der Waals surface area contributed by atoms with E-state index in [0.29, 0.717) is 43.8 Å². The highest BCUT2D eigenvalue weighted by atomic mass is 16.5. The van der Waals surface area contributed by atoms with E-state index in [4.69, 9.17) is 10.5 Å². The summed E-state index contributed by atoms with van der Waals surface area (Å²) in [4.78, 5) is 90.0. The van der Waals surface area contributed by atoms with Gasteiger partial charge >= 0.3 is 6.03 Å². The Morgan fingerprint density at radius 1 is 0.943 bits per heavy atom. The number of nitrogens with zero attached hydrogens (tertiary/aromatic N) is 1. The lowest BCUT2D eigenvalue weighted by Gasteiger charge is -2.25. The first kappa shape index (κ1) is 41.1. The molecule has 1 aromatic rings. The number of rotatable bonds is 20. The predicted octanol–water partition coefficient (Wildman–Crippen LogP) is 2.75. The van der Waals surface area contributed by atoms with Crippen molar-refractivity contribution in [3.63, 3.8) is 0 Å². The molecule has 2 fully saturated rings. The van der Waals surface area contributed by atoms with Crippen LogP contribution in [0.3, 0.4) is 0 Å². The second-order valence-electron chi connectivity index (χ2n) is 14.9. The van der Waals surface area contributed by atoms with Crippen LogP contribution >= 0.6 is 0 Å². The number of imide groups is 1. The maximum Gasteiger partial charge on any atom is 0.312 e. The number of likely N-dealkylation sites (tertiary alicyclic amines) is 1. The second kappa shape index (κ2) is 18.9. The number of fused-ring (bicyclic) bond motifs is 5. The summed E-state index contributed by atoms with van der Waals surface area (Å²) in [6.45, 7) is 8.56. The molecule has 7 amide bonds. The molecule has 0 spiro atoms. The zero-order valence-corrected chi connectivity index (χ0v) is 31.6. The summed E-state index contributed by atoms with van der Waals surface area (Å²) < 4.78 is 4.99. The van der Waals surface area contributed by atoms with E-state index in [0.717, 1.165) is 18.4 Å². The van der Waals surface area contributed by atoms with Crippen LogP contribution < -0.4 is 27.0 Å². The number of hydrogen-bond acceptors (Lipinski definition) is 8. The second-order valence-corrected chi connectivity index (χ2v) is 14.9. The van der Waals surface area contributed by atoms with Gasteiger partial charge in [-0.1, -0.05) is 57.9 Å². The fraction of sp³-hybridized carbons (Fsp3) is 0.605. The number of amides is 7. The maximum atomic E-state index is 13.5. The molecule has 0 aromatic heterocycles. The van der Waals surface area contributed by atoms with Gasteiger partial charge in [-0.2, -0.15) is 0 Å². The Balaban J connectivity index is 1.25. The molecule has 6 N–H and O–H groups in total. The third kappa shape index (κ3) is 10.7. The highest BCUT2D eigenvalue weighted by Gasteiger charge is 2.61. The Kier molecular flexibility index (Phi) is 14.6. The van der Waals surface area contributed by atoms with E-state index in [1.165, 1.54) is 18.3 Å². The number of urea groups is 1. The van der Waals surface area contributed by atoms with Crippen LogP contribution in [-0.4, -0.2) is 79.4 Å². The molecule has 1 aromatic carbocycles. The van der Waals surface area contributed by atoms with E-state index in [9.17, 15) is 33.6 Å². The number of hydrogen-bond donors (Lipinski definition) is 5. The van der Waals surface area contributed by atoms with Crippen molar-refractivity contribution in [3.05, 3.63) is 41.5 Å². The SMILES string of the molecule is BC(=O)OCc1ccc(NC(=O)[C@H](CCCNC(N)=O)NC(=O)C(NC(=O)CCCCCN2C(=O)C3C4C=C(C(C)CC)C(C4)C3C2=O)C(C)C)cc1. The Bertz CT molecular complexity index is 1570. The Hall–Kier alpha value is -4.69. The summed E-state index contributed by atoms with van der Waals surface area (Å²) in [6.07, 6.45) is 6.61. The van der Waals surface area contributed by atoms with Crippen LogP contribution in [0.15, 0.2) is 35.9 Å². The van der Waals surface area contributed by atoms with E-state index in [1.807, 2.05) is 0 Å². The third-order valence-electron chi connectivity index (χ3n) is 10.7. The van der Waals surface area contributed by atoms with Gasteiger partial charge in [0.25, 0.3) is 0 Å². The van der Waals surface area contributed by atoms with Crippen LogP contribution in [0.25, 0.3) is 0 Å². The molecule has 1 saturated heterocycles. The molecule has 14 nitrogen and oxygen atoms in total. The molecular formula is C38H55BN6O8. The third-order valence-corrected chi connectivity index (χ3v) is 10.7. The summed E-state index contributed by atoms with van der Waals surface area (Å²) in [5.74, 6) is -1.82. The smallest absolute Gasteiger partial charge is 0.312 e. The summed E-state index contributed by atoms with van der Waals surface area (Å²) >= 11 is 0. The molecule has 3 aliphatic rings. The Morgan fingerprint density at radius 2 is 1.64 bits per heavy atom. The summed E-state index contributed by atoms with van der Waals surface area (Å²) in [5, 5.41) is 10.8. The Morgan fingerprint density at radius 3 is 2.28 bits per heavy atom. The van der Waals surface area contributed by atoms with Crippen molar-refractivity contribution in [1.82, 2.24) is 20.9 Å². The normalized spacial score (nSPS) is 21.8. The van der Waals surface area contributed by atoms with Gasteiger partial charge in [-0.3, -0.25) is 33.7 Å². The molecule has 2 aliphatic carbocycles. The van der Waals surface area contributed by atoms with Gasteiger partial charge in [0.1, 0.15) is 18.7 Å². The molecule has 288 valence electrons. The number of ether oxygens (including phenoxy) is 1. The number of benzene rings is 1. The van der Waals surface area contributed by atoms with Crippen molar-refractivity contribution in [2.24, 2.45) is 41.2 Å². The summed E-state index contributed by atoms with van der Waals surface area (Å²) in [6, 6.07) is 4.10. The van der Waals surface area contributed by atoms with Gasteiger partial charge in [-0.25, -0.2) is 4.79 Å². The van der Waals surface area contributed by atoms with Gasteiger partial charge in [-0.05, 0) is 79.9 Å². The lowest BCUT2D eigenvalue weighted by atomic mass is 9.77. The van der Waals surface area contributed by atoms with Gasteiger partial charge in [-0.15, -0.1) is 0 Å². The fourth-order valence-corrected chi connectivity index (χ4v) is 7.77. The topological polar surface area (TPSA) is 206 Å². The first-order valence-corrected chi connectivity index (χ1v) is 18.9. The maximum absolute atomic E-state index is 13.5. The molecule has 4 rings (SSSR count). The number of nitrogens with two attached hydrogens (primary N) is 1. The van der Waals surface area contributed by atoms with Gasteiger partial charge in [0.15, 0.2) is 0 Å². The molecule has 1 saturated carbocycles. The predicted molar refractivity (Wildman–Crippen MR) is 201 cm³/mol. The first-order valence-electron chi connectivity index (χ1n) is 18.9. The lowest BCUT2D eigenvalue weighted by molar-refractivity contribution is -0.141. The molecule has 0 radical (unpaired) electrons. The van der Waals surface area contributed by atoms with Gasteiger partial charge in [0, 0.05) is 25.2 Å². The average molecular weight is 735 g/mol. The van der Waals surface area contributed by atoms with Crippen molar-refractivity contribution in [2.75, 3.05) is 18.4 Å². The van der Waals surface area contributed by atoms with Crippen LogP contribution in [-0.2, 0) is 35.3 Å². The molecule has 1 aliphatic heterocycles. The number of primary amides is 1. The molecule has 53 heavy (non-hydrogen) atoms. The Labute approximate surface area is 312 Å². The number of carbonyl (C=O) groups excluding carboxylic acids is 7. The number of unbranched alkanes of at least 4 members (excludes halogenated alkanes) is 2. The van der Waals surface area contributed by atoms with Crippen molar-refractivity contribution in [1.29, 1.82) is 0 Å². The molecule has 15 heteroatoms. The van der Waals surface area contributed by atoms with E-state index >= 15 is 0 Å². The van der Waals surface area contributed by atoms with Crippen LogP contribution in [0.4, 0.5) is 15.3 Å². The standard InChI is InChI=1S/C38H55BN6O8/c1-5-22(4)26-18-24-19-27(26)31-30(24)35(49)45(36(31)50)17-8-6-7-11-29(46)44-32(21(2)3)34(48)43-28(10-9-16-41-38(40)52)33(47)42-25-14-12-23(13-15-25)20-53-37(39)51/h12-15,18,21-22,24,27-28,30-32H,5-11,16-17,19-20,39H2,1-4H3,(H,42,47)(H,43,48)(H,44,46)(H3,40,41,52)/t22?,24?,27?,28-,30?,31?,32?/m0/s1. The van der Waals surface area contributed by atoms with Crippen molar-refractivity contribution in [3.8, 4) is 0 Å². The molecular weight excluding hydrogens is 679 g/mol. The highest BCUT2D eigenvalue weighted by Crippen LogP contribution is 2.57. The number of allylic oxidation sites excluding steroid dienone is 2. The van der Waals surface area contributed by atoms with Gasteiger partial charge in [0.2, 0.25) is 43.3 Å². The molecule has 2 bridgehead atoms. The summed E-state index contributed by atoms with van der Waals surface area (Å²) in [5.41, 5.74) is 7.70. The minimum Gasteiger partial charge on any atom is -0.469 e. The fourth-order valence-electron chi connectivity index (χ4n) is 7.77. The highest BCUT2D eigenvalue weighted by molar-refractivity contribution is 6.55. The van der Waals surface area contributed by atoms with Crippen LogP contribution in [0.2, 0.25) is 0 Å². The van der Waals surface area contributed by atoms with Crippen LogP contribution in [0.1, 0.15) is 84.6 Å². The van der Waals surface area contributed by atoms with Crippen molar-refractivity contribution < 1.29 is 38.3 Å². The number of anilines is 1. The minimum atomic E-state index is -0.987. The van der Waals surface area contributed by atoms with E-state index in [-0.39, 0.29) is 73.3 Å². The summed E-state index contributed by atoms with van der Waals surface area (Å²) in [7, 11) is 1.32. The average Bonchev–Trinajstić information content (AvgIpc) is 3.78. The van der Waals surface area contributed by atoms with Gasteiger partial charge < -0.3 is 31.7 Å². The number of nitrogens with one attached hydrogen (secondary N) is 4. The minimum absolute atomic E-state index is 0.0461. The number of carbonyl (C=O) groups is 7. The van der Waals surface area contributed by atoms with Crippen LogP contribution in [0.5, 0.6) is 0 Å². The quantitative estimate of drug-likeness (QED) is 0.0582. The van der Waals surface area contributed by atoms with E-state index in [2.05, 4.69) is 41.2 Å². The molecule has 1 heterocycles. The van der Waals surface area contributed by atoms with Crippen LogP contribution in [0, 0.1) is 35.5 Å². The van der Waals surface area contributed by atoms with E-state index in [1.54, 1.807) is 38.1 Å². The largest absolute Gasteiger partial charge is 0.469 e. The van der Waals surface area contributed by atoms with E-state index < -0.39 is 35.8 Å². The molecule has 7 atom stereocenters. The van der Waals surface area contributed by atoms with Gasteiger partial charge in [0.05, 0.1) is 11.8 Å². The lowest BCUT2D eigenvalue weighted by Crippen LogP contribution is -2.54. The zero-order chi connectivity index (χ0) is 38.8. The molecule has 6 unspecified atom stereocenters. The van der Waals surface area contributed by atoms with Crippen molar-refractivity contribution in [2.45, 2.75) is 97.8 Å². The first-order chi connectivity index (χ1) is 25.2. The van der Waals surface area contributed by atoms with Crippen molar-refractivity contribution >= 4 is 55.0 Å². The zero-order valence-electron chi connectivity index (χ0n) is 31.6.